The van der Waals surface area contributed by atoms with Gasteiger partial charge in [-0.15, -0.1) is 11.6 Å². The van der Waals surface area contributed by atoms with Gasteiger partial charge in [0.05, 0.1) is 10.8 Å². The van der Waals surface area contributed by atoms with Gasteiger partial charge in [-0.25, -0.2) is 12.7 Å². The SMILES string of the molecule is CN(C)S(=O)(=O)c1cccc(C(=O)CCl)c1. The predicted molar refractivity (Wildman–Crippen MR) is 62.4 cm³/mol. The monoisotopic (exact) mass is 261 g/mol. The van der Waals surface area contributed by atoms with Gasteiger partial charge in [-0.3, -0.25) is 4.79 Å². The van der Waals surface area contributed by atoms with E-state index in [0.29, 0.717) is 5.56 Å². The number of sulfonamides is 1. The lowest BCUT2D eigenvalue weighted by Gasteiger charge is -2.11. The quantitative estimate of drug-likeness (QED) is 0.607. The summed E-state index contributed by atoms with van der Waals surface area (Å²) in [6.45, 7) is 0. The van der Waals surface area contributed by atoms with Crippen LogP contribution in [0.5, 0.6) is 0 Å². The van der Waals surface area contributed by atoms with Gasteiger partial charge >= 0.3 is 0 Å². The number of benzene rings is 1. The van der Waals surface area contributed by atoms with Gasteiger partial charge < -0.3 is 0 Å². The Balaban J connectivity index is 3.24. The van der Waals surface area contributed by atoms with Crippen molar-refractivity contribution in [2.45, 2.75) is 4.90 Å². The highest BCUT2D eigenvalue weighted by Crippen LogP contribution is 2.15. The van der Waals surface area contributed by atoms with Crippen LogP contribution in [0.15, 0.2) is 29.2 Å². The first-order valence-electron chi connectivity index (χ1n) is 4.51. The maximum Gasteiger partial charge on any atom is 0.242 e. The molecule has 88 valence electrons. The molecule has 0 radical (unpaired) electrons. The summed E-state index contributed by atoms with van der Waals surface area (Å²) < 4.78 is 24.6. The lowest BCUT2D eigenvalue weighted by atomic mass is 10.1. The van der Waals surface area contributed by atoms with Crippen LogP contribution in [-0.2, 0) is 10.0 Å². The van der Waals surface area contributed by atoms with E-state index in [1.54, 1.807) is 6.07 Å². The third-order valence-electron chi connectivity index (χ3n) is 2.06. The molecule has 0 heterocycles. The molecule has 0 bridgehead atoms. The summed E-state index contributed by atoms with van der Waals surface area (Å²) in [4.78, 5) is 11.4. The van der Waals surface area contributed by atoms with Crippen LogP contribution in [0.1, 0.15) is 10.4 Å². The highest BCUT2D eigenvalue weighted by Gasteiger charge is 2.18. The Morgan fingerprint density at radius 2 is 2.00 bits per heavy atom. The number of hydrogen-bond donors (Lipinski definition) is 0. The van der Waals surface area contributed by atoms with E-state index in [9.17, 15) is 13.2 Å². The van der Waals surface area contributed by atoms with E-state index >= 15 is 0 Å². The Hall–Kier alpha value is -0.910. The third kappa shape index (κ3) is 2.61. The van der Waals surface area contributed by atoms with Crippen LogP contribution in [0.25, 0.3) is 0 Å². The largest absolute Gasteiger partial charge is 0.293 e. The molecular formula is C10H12ClNO3S. The zero-order valence-corrected chi connectivity index (χ0v) is 10.5. The van der Waals surface area contributed by atoms with Gasteiger partial charge in [0, 0.05) is 19.7 Å². The number of halogens is 1. The average molecular weight is 262 g/mol. The summed E-state index contributed by atoms with van der Waals surface area (Å²) in [6.07, 6.45) is 0. The maximum atomic E-state index is 11.8. The van der Waals surface area contributed by atoms with Crippen molar-refractivity contribution >= 4 is 27.4 Å². The second-order valence-corrected chi connectivity index (χ2v) is 5.79. The number of nitrogens with zero attached hydrogens (tertiary/aromatic N) is 1. The van der Waals surface area contributed by atoms with Crippen LogP contribution < -0.4 is 0 Å². The summed E-state index contributed by atoms with van der Waals surface area (Å²) in [5.41, 5.74) is 0.304. The van der Waals surface area contributed by atoms with E-state index < -0.39 is 10.0 Å². The Morgan fingerprint density at radius 1 is 1.38 bits per heavy atom. The number of Topliss-reactive ketones (excluding diaryl/α,β-unsaturated/α-hetero) is 1. The minimum absolute atomic E-state index is 0.0912. The molecule has 1 aromatic rings. The Bertz CT molecular complexity index is 497. The van der Waals surface area contributed by atoms with Crippen molar-refractivity contribution in [3.63, 3.8) is 0 Å². The molecule has 0 aliphatic rings. The van der Waals surface area contributed by atoms with Crippen molar-refractivity contribution in [3.8, 4) is 0 Å². The Labute approximate surface area is 99.9 Å². The molecule has 1 aromatic carbocycles. The molecule has 0 saturated carbocycles. The van der Waals surface area contributed by atoms with Crippen LogP contribution in [-0.4, -0.2) is 38.5 Å². The fraction of sp³-hybridized carbons (Fsp3) is 0.300. The average Bonchev–Trinajstić information content (AvgIpc) is 2.28. The van der Waals surface area contributed by atoms with Crippen LogP contribution in [0.3, 0.4) is 0 Å². The second kappa shape index (κ2) is 4.95. The van der Waals surface area contributed by atoms with E-state index in [4.69, 9.17) is 11.6 Å². The molecule has 0 aliphatic carbocycles. The molecular weight excluding hydrogens is 250 g/mol. The molecule has 1 rings (SSSR count). The number of hydrogen-bond acceptors (Lipinski definition) is 3. The molecule has 4 nitrogen and oxygen atoms in total. The van der Waals surface area contributed by atoms with E-state index in [-0.39, 0.29) is 16.6 Å². The molecule has 0 fully saturated rings. The van der Waals surface area contributed by atoms with Crippen molar-refractivity contribution < 1.29 is 13.2 Å². The van der Waals surface area contributed by atoms with Crippen LogP contribution >= 0.6 is 11.6 Å². The molecule has 16 heavy (non-hydrogen) atoms. The number of ketones is 1. The smallest absolute Gasteiger partial charge is 0.242 e. The van der Waals surface area contributed by atoms with Crippen LogP contribution in [0.2, 0.25) is 0 Å². The van der Waals surface area contributed by atoms with E-state index in [0.717, 1.165) is 4.31 Å². The molecule has 0 amide bonds. The first-order chi connectivity index (χ1) is 7.39. The summed E-state index contributed by atoms with van der Waals surface area (Å²) in [5.74, 6) is -0.455. The van der Waals surface area contributed by atoms with Gasteiger partial charge in [-0.1, -0.05) is 12.1 Å². The van der Waals surface area contributed by atoms with Crippen molar-refractivity contribution in [2.75, 3.05) is 20.0 Å². The van der Waals surface area contributed by atoms with Crippen molar-refractivity contribution in [1.82, 2.24) is 4.31 Å². The number of carbonyl (C=O) groups is 1. The molecule has 0 spiro atoms. The van der Waals surface area contributed by atoms with E-state index in [1.807, 2.05) is 0 Å². The molecule has 0 N–H and O–H groups in total. The first kappa shape index (κ1) is 13.2. The van der Waals surface area contributed by atoms with E-state index in [2.05, 4.69) is 0 Å². The molecule has 0 atom stereocenters. The summed E-state index contributed by atoms with van der Waals surface area (Å²) in [5, 5.41) is 0. The van der Waals surface area contributed by atoms with Crippen LogP contribution in [0.4, 0.5) is 0 Å². The molecule has 0 aromatic heterocycles. The highest BCUT2D eigenvalue weighted by molar-refractivity contribution is 7.89. The number of carbonyl (C=O) groups excluding carboxylic acids is 1. The molecule has 0 saturated heterocycles. The topological polar surface area (TPSA) is 54.5 Å². The van der Waals surface area contributed by atoms with Gasteiger partial charge in [0.1, 0.15) is 0 Å². The minimum atomic E-state index is -3.50. The standard InChI is InChI=1S/C10H12ClNO3S/c1-12(2)16(14,15)9-5-3-4-8(6-9)10(13)7-11/h3-6H,7H2,1-2H3. The Morgan fingerprint density at radius 3 is 2.50 bits per heavy atom. The predicted octanol–water partition coefficient (Wildman–Crippen LogP) is 1.36. The molecule has 0 aliphatic heterocycles. The van der Waals surface area contributed by atoms with Crippen LogP contribution in [0, 0.1) is 0 Å². The highest BCUT2D eigenvalue weighted by atomic mass is 35.5. The fourth-order valence-corrected chi connectivity index (χ4v) is 2.22. The van der Waals surface area contributed by atoms with Gasteiger partial charge in [-0.05, 0) is 12.1 Å². The second-order valence-electron chi connectivity index (χ2n) is 3.37. The molecule has 0 unspecified atom stereocenters. The normalized spacial score (nSPS) is 11.8. The van der Waals surface area contributed by atoms with Gasteiger partial charge in [-0.2, -0.15) is 0 Å². The number of rotatable bonds is 4. The van der Waals surface area contributed by atoms with E-state index in [1.165, 1.54) is 32.3 Å². The molecule has 6 heteroatoms. The lowest BCUT2D eigenvalue weighted by Crippen LogP contribution is -2.22. The maximum absolute atomic E-state index is 11.8. The van der Waals surface area contributed by atoms with Gasteiger partial charge in [0.2, 0.25) is 10.0 Å². The Kier molecular flexibility index (Phi) is 4.07. The third-order valence-corrected chi connectivity index (χ3v) is 4.11. The zero-order chi connectivity index (χ0) is 12.3. The van der Waals surface area contributed by atoms with Crippen molar-refractivity contribution in [1.29, 1.82) is 0 Å². The lowest BCUT2D eigenvalue weighted by molar-refractivity contribution is 0.102. The number of alkyl halides is 1. The zero-order valence-electron chi connectivity index (χ0n) is 8.97. The van der Waals surface area contributed by atoms with Crippen molar-refractivity contribution in [3.05, 3.63) is 29.8 Å². The van der Waals surface area contributed by atoms with Gasteiger partial charge in [0.25, 0.3) is 0 Å². The first-order valence-corrected chi connectivity index (χ1v) is 6.49. The summed E-state index contributed by atoms with van der Waals surface area (Å²) in [7, 11) is -0.631. The van der Waals surface area contributed by atoms with Crippen molar-refractivity contribution in [2.24, 2.45) is 0 Å². The fourth-order valence-electron chi connectivity index (χ4n) is 1.12. The summed E-state index contributed by atoms with van der Waals surface area (Å²) >= 11 is 5.41. The minimum Gasteiger partial charge on any atom is -0.293 e. The van der Waals surface area contributed by atoms with Gasteiger partial charge in [0.15, 0.2) is 5.78 Å². The summed E-state index contributed by atoms with van der Waals surface area (Å²) in [6, 6.07) is 5.84.